The van der Waals surface area contributed by atoms with Gasteiger partial charge in [0.15, 0.2) is 12.2 Å². The number of hydrogen-bond donors (Lipinski definition) is 2. The predicted molar refractivity (Wildman–Crippen MR) is 163 cm³/mol. The normalized spacial score (nSPS) is 11.0. The Bertz CT molecular complexity index is 2040. The van der Waals surface area contributed by atoms with Crippen LogP contribution in [-0.4, -0.2) is 35.5 Å². The van der Waals surface area contributed by atoms with Crippen molar-refractivity contribution >= 4 is 28.7 Å². The zero-order valence-electron chi connectivity index (χ0n) is 22.8. The van der Waals surface area contributed by atoms with Gasteiger partial charge < -0.3 is 15.1 Å². The standard InChI is InChI=1S/C33H24N8O2/c42-30(16-22-6-5-13-34-19-22)37-25-9-4-8-24(18-25)32-31(28-11-1-2-15-41(28)40-32)27-12-14-36-33(39-27)38-26-10-3-7-23(17-26)29-20-35-21-43-29/h1-15,17-21H,16H2,(H,37,42)(H,36,38,39). The number of carbonyl (C=O) groups excluding carboxylic acids is 1. The molecule has 208 valence electrons. The Morgan fingerprint density at radius 1 is 0.837 bits per heavy atom. The van der Waals surface area contributed by atoms with E-state index in [9.17, 15) is 4.79 Å². The maximum atomic E-state index is 12.7. The Kier molecular flexibility index (Phi) is 6.82. The molecule has 7 aromatic rings. The SMILES string of the molecule is O=C(Cc1cccnc1)Nc1cccc(-c2nn3ccccc3c2-c2ccnc(Nc3cccc(-c4cnco4)c3)n2)c1. The number of benzene rings is 2. The Morgan fingerprint density at radius 3 is 2.58 bits per heavy atom. The van der Waals surface area contributed by atoms with E-state index in [1.807, 2.05) is 95.6 Å². The molecule has 0 aliphatic heterocycles. The van der Waals surface area contributed by atoms with Gasteiger partial charge in [-0.1, -0.05) is 36.4 Å². The van der Waals surface area contributed by atoms with Gasteiger partial charge in [0.2, 0.25) is 11.9 Å². The van der Waals surface area contributed by atoms with Gasteiger partial charge in [-0.05, 0) is 54.1 Å². The molecule has 0 atom stereocenters. The monoisotopic (exact) mass is 564 g/mol. The van der Waals surface area contributed by atoms with Crippen molar-refractivity contribution in [3.05, 3.63) is 128 Å². The van der Waals surface area contributed by atoms with Crippen LogP contribution in [0.1, 0.15) is 5.56 Å². The third-order valence-corrected chi connectivity index (χ3v) is 6.79. The molecule has 2 N–H and O–H groups in total. The molecular formula is C33H24N8O2. The molecule has 10 nitrogen and oxygen atoms in total. The second-order valence-corrected chi connectivity index (χ2v) is 9.76. The summed E-state index contributed by atoms with van der Waals surface area (Å²) in [5.41, 5.74) is 7.21. The molecule has 1 amide bonds. The first kappa shape index (κ1) is 25.8. The fourth-order valence-corrected chi connectivity index (χ4v) is 4.89. The third-order valence-electron chi connectivity index (χ3n) is 6.79. The van der Waals surface area contributed by atoms with Gasteiger partial charge in [-0.15, -0.1) is 0 Å². The molecule has 0 bridgehead atoms. The summed E-state index contributed by atoms with van der Waals surface area (Å²) < 4.78 is 7.27. The van der Waals surface area contributed by atoms with Gasteiger partial charge in [-0.2, -0.15) is 5.10 Å². The Hall–Kier alpha value is -6.16. The van der Waals surface area contributed by atoms with Crippen molar-refractivity contribution in [1.82, 2.24) is 29.5 Å². The molecule has 2 aromatic carbocycles. The number of carbonyl (C=O) groups is 1. The van der Waals surface area contributed by atoms with Gasteiger partial charge in [0.05, 0.1) is 29.4 Å². The number of rotatable bonds is 8. The quantitative estimate of drug-likeness (QED) is 0.216. The van der Waals surface area contributed by atoms with Crippen molar-refractivity contribution in [1.29, 1.82) is 0 Å². The van der Waals surface area contributed by atoms with Crippen molar-refractivity contribution in [2.45, 2.75) is 6.42 Å². The molecule has 0 unspecified atom stereocenters. The number of nitrogens with one attached hydrogen (secondary N) is 2. The number of pyridine rings is 2. The van der Waals surface area contributed by atoms with Crippen LogP contribution in [0.15, 0.2) is 127 Å². The molecule has 0 fully saturated rings. The van der Waals surface area contributed by atoms with Gasteiger partial charge in [0.25, 0.3) is 0 Å². The summed E-state index contributed by atoms with van der Waals surface area (Å²) in [6, 6.07) is 26.9. The summed E-state index contributed by atoms with van der Waals surface area (Å²) in [4.78, 5) is 30.2. The topological polar surface area (TPSA) is 123 Å². The second-order valence-electron chi connectivity index (χ2n) is 9.76. The van der Waals surface area contributed by atoms with Gasteiger partial charge in [-0.25, -0.2) is 19.5 Å². The smallest absolute Gasteiger partial charge is 0.228 e. The molecular weight excluding hydrogens is 540 g/mol. The van der Waals surface area contributed by atoms with Crippen molar-refractivity contribution in [2.24, 2.45) is 0 Å². The lowest BCUT2D eigenvalue weighted by molar-refractivity contribution is -0.115. The lowest BCUT2D eigenvalue weighted by atomic mass is 10.0. The fourth-order valence-electron chi connectivity index (χ4n) is 4.89. The van der Waals surface area contributed by atoms with E-state index in [-0.39, 0.29) is 12.3 Å². The van der Waals surface area contributed by atoms with Gasteiger partial charge >= 0.3 is 0 Å². The molecule has 0 aliphatic rings. The van der Waals surface area contributed by atoms with Crippen LogP contribution in [0.25, 0.3) is 39.4 Å². The number of nitrogens with zero attached hydrogens (tertiary/aromatic N) is 6. The Morgan fingerprint density at radius 2 is 1.72 bits per heavy atom. The summed E-state index contributed by atoms with van der Waals surface area (Å²) in [6.45, 7) is 0. The average molecular weight is 565 g/mol. The summed E-state index contributed by atoms with van der Waals surface area (Å²) in [7, 11) is 0. The van der Waals surface area contributed by atoms with Gasteiger partial charge in [0, 0.05) is 47.3 Å². The fraction of sp³-hybridized carbons (Fsp3) is 0.0303. The summed E-state index contributed by atoms with van der Waals surface area (Å²) in [5.74, 6) is 0.981. The number of oxazole rings is 1. The van der Waals surface area contributed by atoms with Gasteiger partial charge in [0.1, 0.15) is 5.69 Å². The molecule has 0 saturated carbocycles. The minimum Gasteiger partial charge on any atom is -0.444 e. The van der Waals surface area contributed by atoms with Crippen molar-refractivity contribution in [2.75, 3.05) is 10.6 Å². The molecule has 0 saturated heterocycles. The zero-order chi connectivity index (χ0) is 29.0. The summed E-state index contributed by atoms with van der Waals surface area (Å²) in [6.07, 6.45) is 10.3. The van der Waals surface area contributed by atoms with Crippen molar-refractivity contribution < 1.29 is 9.21 Å². The molecule has 5 heterocycles. The number of hydrogen-bond acceptors (Lipinski definition) is 8. The number of anilines is 3. The first-order valence-electron chi connectivity index (χ1n) is 13.6. The molecule has 7 rings (SSSR count). The van der Waals surface area contributed by atoms with Crippen LogP contribution in [-0.2, 0) is 11.2 Å². The van der Waals surface area contributed by atoms with E-state index in [2.05, 4.69) is 25.6 Å². The average Bonchev–Trinajstić information content (AvgIpc) is 3.71. The van der Waals surface area contributed by atoms with E-state index in [0.29, 0.717) is 23.1 Å². The zero-order valence-corrected chi connectivity index (χ0v) is 22.8. The Labute approximate surface area is 246 Å². The molecule has 0 aliphatic carbocycles. The van der Waals surface area contributed by atoms with Gasteiger partial charge in [-0.3, -0.25) is 9.78 Å². The number of aromatic nitrogens is 6. The van der Waals surface area contributed by atoms with E-state index >= 15 is 0 Å². The molecule has 43 heavy (non-hydrogen) atoms. The molecule has 5 aromatic heterocycles. The second kappa shape index (κ2) is 11.4. The highest BCUT2D eigenvalue weighted by Gasteiger charge is 2.19. The maximum Gasteiger partial charge on any atom is 0.228 e. The minimum atomic E-state index is -0.126. The van der Waals surface area contributed by atoms with Crippen LogP contribution < -0.4 is 10.6 Å². The highest BCUT2D eigenvalue weighted by atomic mass is 16.3. The summed E-state index contributed by atoms with van der Waals surface area (Å²) in [5, 5.41) is 11.2. The van der Waals surface area contributed by atoms with Crippen molar-refractivity contribution in [3.8, 4) is 33.8 Å². The van der Waals surface area contributed by atoms with Crippen molar-refractivity contribution in [3.63, 3.8) is 0 Å². The first-order chi connectivity index (χ1) is 21.2. The maximum absolute atomic E-state index is 12.7. The van der Waals surface area contributed by atoms with Crippen LogP contribution in [0, 0.1) is 0 Å². The van der Waals surface area contributed by atoms with E-state index in [0.717, 1.165) is 39.2 Å². The van der Waals surface area contributed by atoms with Crippen LogP contribution >= 0.6 is 0 Å². The van der Waals surface area contributed by atoms with E-state index in [1.165, 1.54) is 6.39 Å². The first-order valence-corrected chi connectivity index (χ1v) is 13.6. The van der Waals surface area contributed by atoms with Crippen LogP contribution in [0.5, 0.6) is 0 Å². The van der Waals surface area contributed by atoms with Crippen LogP contribution in [0.2, 0.25) is 0 Å². The third kappa shape index (κ3) is 5.57. The molecule has 0 spiro atoms. The molecule has 10 heteroatoms. The Balaban J connectivity index is 1.21. The highest BCUT2D eigenvalue weighted by molar-refractivity contribution is 5.95. The predicted octanol–water partition coefficient (Wildman–Crippen LogP) is 6.43. The number of amides is 1. The van der Waals surface area contributed by atoms with Crippen LogP contribution in [0.4, 0.5) is 17.3 Å². The summed E-state index contributed by atoms with van der Waals surface area (Å²) >= 11 is 0. The minimum absolute atomic E-state index is 0.126. The lowest BCUT2D eigenvalue weighted by Gasteiger charge is -2.09. The highest BCUT2D eigenvalue weighted by Crippen LogP contribution is 2.35. The van der Waals surface area contributed by atoms with E-state index in [1.54, 1.807) is 24.8 Å². The lowest BCUT2D eigenvalue weighted by Crippen LogP contribution is -2.14. The molecule has 0 radical (unpaired) electrons. The largest absolute Gasteiger partial charge is 0.444 e. The van der Waals surface area contributed by atoms with E-state index < -0.39 is 0 Å². The number of fused-ring (bicyclic) bond motifs is 1. The van der Waals surface area contributed by atoms with E-state index in [4.69, 9.17) is 14.5 Å². The van der Waals surface area contributed by atoms with Crippen LogP contribution in [0.3, 0.4) is 0 Å².